The maximum Gasteiger partial charge on any atom is 0.254 e. The molecule has 158 valence electrons. The quantitative estimate of drug-likeness (QED) is 0.409. The van der Waals surface area contributed by atoms with Gasteiger partial charge in [-0.3, -0.25) is 9.59 Å². The third kappa shape index (κ3) is 3.32. The summed E-state index contributed by atoms with van der Waals surface area (Å²) >= 11 is 0. The molecular formula is C25H24N2O4. The molecule has 2 bridgehead atoms. The summed E-state index contributed by atoms with van der Waals surface area (Å²) < 4.78 is 11.5. The number of carbonyl (C=O) groups excluding carboxylic acids is 2. The van der Waals surface area contributed by atoms with Crippen molar-refractivity contribution in [2.24, 2.45) is 28.8 Å². The first kappa shape index (κ1) is 19.5. The van der Waals surface area contributed by atoms with Crippen molar-refractivity contribution >= 4 is 18.0 Å². The molecule has 6 heteroatoms. The Morgan fingerprint density at radius 2 is 1.77 bits per heavy atom. The number of amides is 2. The zero-order valence-electron chi connectivity index (χ0n) is 17.5. The van der Waals surface area contributed by atoms with Crippen molar-refractivity contribution in [2.75, 3.05) is 7.11 Å². The highest BCUT2D eigenvalue weighted by Gasteiger charge is 2.59. The zero-order valence-corrected chi connectivity index (χ0v) is 17.5. The molecule has 1 saturated carbocycles. The smallest absolute Gasteiger partial charge is 0.254 e. The lowest BCUT2D eigenvalue weighted by Gasteiger charge is -2.14. The molecule has 5 rings (SSSR count). The van der Waals surface area contributed by atoms with Crippen molar-refractivity contribution < 1.29 is 19.1 Å². The minimum atomic E-state index is -0.262. The lowest BCUT2D eigenvalue weighted by atomic mass is 9.85. The van der Waals surface area contributed by atoms with Crippen LogP contribution in [0.2, 0.25) is 0 Å². The van der Waals surface area contributed by atoms with E-state index in [2.05, 4.69) is 23.3 Å². The number of aryl methyl sites for hydroxylation is 1. The first-order chi connectivity index (χ1) is 15.1. The van der Waals surface area contributed by atoms with Gasteiger partial charge in [-0.05, 0) is 42.9 Å². The van der Waals surface area contributed by atoms with E-state index >= 15 is 0 Å². The highest BCUT2D eigenvalue weighted by Crippen LogP contribution is 2.52. The number of hydrogen-bond acceptors (Lipinski definition) is 5. The fourth-order valence-electron chi connectivity index (χ4n) is 5.03. The van der Waals surface area contributed by atoms with Crippen LogP contribution in [0.15, 0.2) is 59.7 Å². The van der Waals surface area contributed by atoms with Crippen LogP contribution in [0.25, 0.3) is 0 Å². The van der Waals surface area contributed by atoms with Gasteiger partial charge in [0, 0.05) is 5.56 Å². The second-order valence-corrected chi connectivity index (χ2v) is 8.39. The Labute approximate surface area is 181 Å². The molecule has 2 aliphatic carbocycles. The van der Waals surface area contributed by atoms with E-state index in [1.807, 2.05) is 43.3 Å². The van der Waals surface area contributed by atoms with Gasteiger partial charge in [0.1, 0.15) is 6.61 Å². The number of carbonyl (C=O) groups is 2. The summed E-state index contributed by atoms with van der Waals surface area (Å²) in [5.41, 5.74) is 2.84. The number of imide groups is 1. The van der Waals surface area contributed by atoms with E-state index in [-0.39, 0.29) is 35.5 Å². The molecule has 0 spiro atoms. The normalized spacial score (nSPS) is 26.2. The maximum absolute atomic E-state index is 12.9. The molecule has 0 aromatic heterocycles. The lowest BCUT2D eigenvalue weighted by molar-refractivity contribution is -0.140. The van der Waals surface area contributed by atoms with Gasteiger partial charge in [0.05, 0.1) is 25.2 Å². The zero-order chi connectivity index (χ0) is 21.5. The Morgan fingerprint density at radius 3 is 2.45 bits per heavy atom. The molecule has 1 saturated heterocycles. The maximum atomic E-state index is 12.9. The number of fused-ring (bicyclic) bond motifs is 5. The number of rotatable bonds is 6. The van der Waals surface area contributed by atoms with E-state index in [0.717, 1.165) is 22.6 Å². The van der Waals surface area contributed by atoms with Gasteiger partial charge in [0.2, 0.25) is 0 Å². The van der Waals surface area contributed by atoms with Crippen LogP contribution in [0, 0.1) is 30.6 Å². The van der Waals surface area contributed by atoms with Crippen LogP contribution < -0.4 is 9.47 Å². The van der Waals surface area contributed by atoms with Crippen molar-refractivity contribution in [3.63, 3.8) is 0 Å². The van der Waals surface area contributed by atoms with Crippen LogP contribution in [0.5, 0.6) is 11.5 Å². The van der Waals surface area contributed by atoms with E-state index in [1.54, 1.807) is 7.11 Å². The van der Waals surface area contributed by atoms with E-state index in [1.165, 1.54) is 6.21 Å². The van der Waals surface area contributed by atoms with Crippen molar-refractivity contribution in [1.82, 2.24) is 5.01 Å². The Morgan fingerprint density at radius 1 is 1.06 bits per heavy atom. The molecule has 2 aromatic carbocycles. The topological polar surface area (TPSA) is 68.2 Å². The number of para-hydroxylation sites is 1. The fraction of sp³-hybridized carbons (Fsp3) is 0.320. The SMILES string of the molecule is COc1cccc(C=NN2C(=O)[C@@H]3[C@H](C2=O)[C@H]2C=C[C@H]3C2)c1OCc1cccc(C)c1. The number of nitrogens with zero attached hydrogens (tertiary/aromatic N) is 2. The molecule has 31 heavy (non-hydrogen) atoms. The molecular weight excluding hydrogens is 392 g/mol. The monoisotopic (exact) mass is 416 g/mol. The van der Waals surface area contributed by atoms with E-state index in [9.17, 15) is 9.59 Å². The van der Waals surface area contributed by atoms with Gasteiger partial charge in [0.25, 0.3) is 11.8 Å². The second kappa shape index (κ2) is 7.69. The fourth-order valence-corrected chi connectivity index (χ4v) is 5.03. The van der Waals surface area contributed by atoms with Gasteiger partial charge in [-0.15, -0.1) is 0 Å². The summed E-state index contributed by atoms with van der Waals surface area (Å²) in [7, 11) is 1.58. The summed E-state index contributed by atoms with van der Waals surface area (Å²) in [4.78, 5) is 25.7. The minimum Gasteiger partial charge on any atom is -0.493 e. The molecule has 1 aliphatic heterocycles. The lowest BCUT2D eigenvalue weighted by Crippen LogP contribution is -2.28. The van der Waals surface area contributed by atoms with Gasteiger partial charge >= 0.3 is 0 Å². The summed E-state index contributed by atoms with van der Waals surface area (Å²) in [5.74, 6) is 0.491. The molecule has 1 heterocycles. The molecule has 0 radical (unpaired) electrons. The third-order valence-corrected chi connectivity index (χ3v) is 6.45. The van der Waals surface area contributed by atoms with E-state index in [0.29, 0.717) is 23.7 Å². The molecule has 2 amide bonds. The molecule has 4 atom stereocenters. The first-order valence-electron chi connectivity index (χ1n) is 10.5. The number of ether oxygens (including phenoxy) is 2. The molecule has 6 nitrogen and oxygen atoms in total. The summed E-state index contributed by atoms with van der Waals surface area (Å²) in [6.07, 6.45) is 6.56. The highest BCUT2D eigenvalue weighted by atomic mass is 16.5. The van der Waals surface area contributed by atoms with Crippen molar-refractivity contribution in [3.05, 3.63) is 71.3 Å². The molecule has 3 aliphatic rings. The van der Waals surface area contributed by atoms with Crippen LogP contribution in [0.3, 0.4) is 0 Å². The van der Waals surface area contributed by atoms with Gasteiger partial charge in [-0.25, -0.2) is 0 Å². The van der Waals surface area contributed by atoms with Crippen LogP contribution in [0.1, 0.15) is 23.1 Å². The van der Waals surface area contributed by atoms with Crippen molar-refractivity contribution in [2.45, 2.75) is 20.0 Å². The predicted molar refractivity (Wildman–Crippen MR) is 116 cm³/mol. The van der Waals surface area contributed by atoms with Crippen molar-refractivity contribution in [1.29, 1.82) is 0 Å². The Hall–Kier alpha value is -3.41. The van der Waals surface area contributed by atoms with Crippen LogP contribution in [-0.4, -0.2) is 30.1 Å². The predicted octanol–water partition coefficient (Wildman–Crippen LogP) is 3.72. The highest BCUT2D eigenvalue weighted by molar-refractivity contribution is 6.07. The van der Waals surface area contributed by atoms with Gasteiger partial charge in [0.15, 0.2) is 11.5 Å². The standard InChI is InChI=1S/C25H24N2O4/c1-15-5-3-6-16(11-15)14-31-23-19(7-4-8-20(23)30-2)13-26-27-24(28)21-17-9-10-18(12-17)22(21)25(27)29/h3-11,13,17-18,21-22H,12,14H2,1-2H3/t17-,18-,21-,22+/m0/s1. The average Bonchev–Trinajstić information content (AvgIpc) is 3.45. The number of hydrazone groups is 1. The summed E-state index contributed by atoms with van der Waals surface area (Å²) in [6, 6.07) is 13.5. The van der Waals surface area contributed by atoms with Crippen molar-refractivity contribution in [3.8, 4) is 11.5 Å². The second-order valence-electron chi connectivity index (χ2n) is 8.39. The number of methoxy groups -OCH3 is 1. The average molecular weight is 416 g/mol. The van der Waals surface area contributed by atoms with Gasteiger partial charge < -0.3 is 9.47 Å². The Bertz CT molecular complexity index is 1080. The van der Waals surface area contributed by atoms with E-state index < -0.39 is 0 Å². The van der Waals surface area contributed by atoms with Crippen LogP contribution >= 0.6 is 0 Å². The van der Waals surface area contributed by atoms with E-state index in [4.69, 9.17) is 9.47 Å². The van der Waals surface area contributed by atoms with Crippen LogP contribution in [-0.2, 0) is 16.2 Å². The Kier molecular flexibility index (Phi) is 4.85. The number of allylic oxidation sites excluding steroid dienone is 2. The van der Waals surface area contributed by atoms with Crippen LogP contribution in [0.4, 0.5) is 0 Å². The number of benzene rings is 2. The third-order valence-electron chi connectivity index (χ3n) is 6.45. The largest absolute Gasteiger partial charge is 0.493 e. The summed E-state index contributed by atoms with van der Waals surface area (Å²) in [5, 5.41) is 5.33. The van der Waals surface area contributed by atoms with Gasteiger partial charge in [-0.2, -0.15) is 10.1 Å². The number of hydrogen-bond donors (Lipinski definition) is 0. The molecule has 2 aromatic rings. The van der Waals surface area contributed by atoms with Gasteiger partial charge in [-0.1, -0.05) is 48.0 Å². The Balaban J connectivity index is 1.38. The minimum absolute atomic E-state index is 0.164. The summed E-state index contributed by atoms with van der Waals surface area (Å²) in [6.45, 7) is 2.40. The molecule has 0 N–H and O–H groups in total. The molecule has 2 fully saturated rings. The molecule has 0 unspecified atom stereocenters. The first-order valence-corrected chi connectivity index (χ1v) is 10.5.